The van der Waals surface area contributed by atoms with E-state index in [1.807, 2.05) is 6.26 Å². The maximum Gasteiger partial charge on any atom is 0.242 e. The van der Waals surface area contributed by atoms with Gasteiger partial charge in [0, 0.05) is 18.7 Å². The van der Waals surface area contributed by atoms with Crippen molar-refractivity contribution in [1.82, 2.24) is 19.6 Å². The predicted octanol–water partition coefficient (Wildman–Crippen LogP) is 3.46. The molecule has 0 bridgehead atoms. The summed E-state index contributed by atoms with van der Waals surface area (Å²) in [4.78, 5) is 8.16. The Morgan fingerprint density at radius 3 is 2.68 bits per heavy atom. The van der Waals surface area contributed by atoms with Crippen molar-refractivity contribution in [2.75, 3.05) is 6.26 Å². The fraction of sp³-hybridized carbons (Fsp3) is 0.214. The topological polar surface area (TPSA) is 43.1 Å². The molecule has 0 aliphatic carbocycles. The molecular formula is C14H11F3N4S. The molecule has 0 amide bonds. The van der Waals surface area contributed by atoms with Gasteiger partial charge in [-0.1, -0.05) is 17.8 Å². The highest BCUT2D eigenvalue weighted by Crippen LogP contribution is 2.24. The van der Waals surface area contributed by atoms with Gasteiger partial charge in [0.15, 0.2) is 5.82 Å². The van der Waals surface area contributed by atoms with Crippen LogP contribution in [0.25, 0.3) is 16.9 Å². The van der Waals surface area contributed by atoms with Crippen molar-refractivity contribution in [3.63, 3.8) is 0 Å². The Hall–Kier alpha value is -2.09. The van der Waals surface area contributed by atoms with E-state index in [9.17, 15) is 13.2 Å². The van der Waals surface area contributed by atoms with E-state index >= 15 is 0 Å². The van der Waals surface area contributed by atoms with E-state index < -0.39 is 12.2 Å². The molecule has 0 unspecified atom stereocenters. The molecule has 8 heteroatoms. The third kappa shape index (κ3) is 2.78. The van der Waals surface area contributed by atoms with Crippen molar-refractivity contribution in [3.8, 4) is 11.4 Å². The number of hydrogen-bond acceptors (Lipinski definition) is 4. The lowest BCUT2D eigenvalue weighted by atomic mass is 10.2. The van der Waals surface area contributed by atoms with Gasteiger partial charge in [-0.2, -0.15) is 0 Å². The Kier molecular flexibility index (Phi) is 4.02. The summed E-state index contributed by atoms with van der Waals surface area (Å²) in [6.07, 6.45) is 1.82. The Morgan fingerprint density at radius 1 is 1.23 bits per heavy atom. The van der Waals surface area contributed by atoms with E-state index in [1.54, 1.807) is 12.1 Å². The SMILES string of the molecule is CSc1ncc2c(F)cc(-c3ccc(CC(F)F)cn3)n2n1. The molecule has 3 aromatic heterocycles. The molecule has 0 atom stereocenters. The van der Waals surface area contributed by atoms with Crippen LogP contribution >= 0.6 is 11.8 Å². The van der Waals surface area contributed by atoms with Crippen LogP contribution in [0.5, 0.6) is 0 Å². The van der Waals surface area contributed by atoms with Crippen LogP contribution in [0.4, 0.5) is 13.2 Å². The van der Waals surface area contributed by atoms with Crippen molar-refractivity contribution >= 4 is 17.3 Å². The molecule has 114 valence electrons. The average molecular weight is 324 g/mol. The highest BCUT2D eigenvalue weighted by molar-refractivity contribution is 7.98. The van der Waals surface area contributed by atoms with E-state index in [4.69, 9.17) is 0 Å². The number of fused-ring (bicyclic) bond motifs is 1. The summed E-state index contributed by atoms with van der Waals surface area (Å²) in [5.41, 5.74) is 1.59. The monoisotopic (exact) mass is 324 g/mol. The summed E-state index contributed by atoms with van der Waals surface area (Å²) in [5.74, 6) is -0.457. The van der Waals surface area contributed by atoms with Crippen LogP contribution in [0.1, 0.15) is 5.56 Å². The molecule has 0 aromatic carbocycles. The molecule has 3 aromatic rings. The zero-order chi connectivity index (χ0) is 15.7. The van der Waals surface area contributed by atoms with Crippen molar-refractivity contribution in [2.24, 2.45) is 0 Å². The third-order valence-corrected chi connectivity index (χ3v) is 3.66. The zero-order valence-corrected chi connectivity index (χ0v) is 12.3. The number of nitrogens with zero attached hydrogens (tertiary/aromatic N) is 4. The average Bonchev–Trinajstić information content (AvgIpc) is 2.84. The minimum absolute atomic E-state index is 0.242. The van der Waals surface area contributed by atoms with Gasteiger partial charge in [0.1, 0.15) is 5.52 Å². The molecule has 0 aliphatic heterocycles. The van der Waals surface area contributed by atoms with Gasteiger partial charge in [-0.25, -0.2) is 22.7 Å². The zero-order valence-electron chi connectivity index (χ0n) is 11.5. The molecule has 3 rings (SSSR count). The standard InChI is InChI=1S/C14H11F3N4S/c1-22-14-19-7-12-9(15)5-11(21(12)20-14)10-3-2-8(6-18-10)4-13(16)17/h2-3,5-7,13H,4H2,1H3. The minimum atomic E-state index is -2.42. The van der Waals surface area contributed by atoms with E-state index in [2.05, 4.69) is 15.1 Å². The molecule has 0 spiro atoms. The second kappa shape index (κ2) is 5.96. The van der Waals surface area contributed by atoms with E-state index in [0.29, 0.717) is 22.1 Å². The summed E-state index contributed by atoms with van der Waals surface area (Å²) < 4.78 is 40.0. The minimum Gasteiger partial charge on any atom is -0.254 e. The molecule has 0 saturated carbocycles. The van der Waals surface area contributed by atoms with Crippen LogP contribution in [0.15, 0.2) is 35.7 Å². The Labute approximate surface area is 128 Å². The molecule has 3 heterocycles. The van der Waals surface area contributed by atoms with Crippen LogP contribution in [0, 0.1) is 5.82 Å². The molecule has 0 aliphatic rings. The number of pyridine rings is 1. The first kappa shape index (κ1) is 14.8. The van der Waals surface area contributed by atoms with Gasteiger partial charge >= 0.3 is 0 Å². The number of thioether (sulfide) groups is 1. The van der Waals surface area contributed by atoms with Gasteiger partial charge in [0.05, 0.1) is 17.6 Å². The van der Waals surface area contributed by atoms with Gasteiger partial charge in [-0.3, -0.25) is 4.98 Å². The van der Waals surface area contributed by atoms with E-state index in [1.165, 1.54) is 34.7 Å². The molecule has 22 heavy (non-hydrogen) atoms. The van der Waals surface area contributed by atoms with E-state index in [0.717, 1.165) is 0 Å². The maximum atomic E-state index is 13.9. The van der Waals surface area contributed by atoms with Crippen molar-refractivity contribution in [1.29, 1.82) is 0 Å². The Bertz CT molecular complexity index is 802. The third-order valence-electron chi connectivity index (χ3n) is 3.11. The summed E-state index contributed by atoms with van der Waals surface area (Å²) >= 11 is 1.34. The van der Waals surface area contributed by atoms with Gasteiger partial charge < -0.3 is 0 Å². The number of aromatic nitrogens is 4. The number of alkyl halides is 2. The van der Waals surface area contributed by atoms with Gasteiger partial charge in [0.25, 0.3) is 0 Å². The normalized spacial score (nSPS) is 11.5. The first-order valence-corrected chi connectivity index (χ1v) is 7.62. The van der Waals surface area contributed by atoms with Crippen molar-refractivity contribution in [2.45, 2.75) is 18.0 Å². The van der Waals surface area contributed by atoms with Gasteiger partial charge in [0.2, 0.25) is 11.6 Å². The molecule has 4 nitrogen and oxygen atoms in total. The number of hydrogen-bond donors (Lipinski definition) is 0. The lowest BCUT2D eigenvalue weighted by Gasteiger charge is -2.04. The summed E-state index contributed by atoms with van der Waals surface area (Å²) in [6, 6.07) is 4.45. The number of halogens is 3. The Balaban J connectivity index is 2.05. The molecular weight excluding hydrogens is 313 g/mol. The quantitative estimate of drug-likeness (QED) is 0.689. The lowest BCUT2D eigenvalue weighted by molar-refractivity contribution is 0.149. The fourth-order valence-corrected chi connectivity index (χ4v) is 2.41. The summed E-state index contributed by atoms with van der Waals surface area (Å²) in [6.45, 7) is 0. The molecule has 0 radical (unpaired) electrons. The van der Waals surface area contributed by atoms with Crippen LogP contribution in [-0.2, 0) is 6.42 Å². The fourth-order valence-electron chi connectivity index (χ4n) is 2.09. The molecule has 0 saturated heterocycles. The van der Waals surface area contributed by atoms with Gasteiger partial charge in [-0.05, 0) is 17.9 Å². The second-order valence-corrected chi connectivity index (χ2v) is 5.34. The van der Waals surface area contributed by atoms with Crippen LogP contribution in [-0.4, -0.2) is 32.3 Å². The molecule has 0 fully saturated rings. The van der Waals surface area contributed by atoms with Crippen molar-refractivity contribution in [3.05, 3.63) is 42.0 Å². The highest BCUT2D eigenvalue weighted by Gasteiger charge is 2.14. The highest BCUT2D eigenvalue weighted by atomic mass is 32.2. The first-order chi connectivity index (χ1) is 10.6. The van der Waals surface area contributed by atoms with Crippen LogP contribution in [0.3, 0.4) is 0 Å². The maximum absolute atomic E-state index is 13.9. The largest absolute Gasteiger partial charge is 0.254 e. The summed E-state index contributed by atoms with van der Waals surface area (Å²) in [7, 11) is 0. The van der Waals surface area contributed by atoms with Gasteiger partial charge in [-0.15, -0.1) is 5.10 Å². The molecule has 0 N–H and O–H groups in total. The Morgan fingerprint density at radius 2 is 2.05 bits per heavy atom. The predicted molar refractivity (Wildman–Crippen MR) is 77.7 cm³/mol. The second-order valence-electron chi connectivity index (χ2n) is 4.57. The smallest absolute Gasteiger partial charge is 0.242 e. The summed E-state index contributed by atoms with van der Waals surface area (Å²) in [5, 5.41) is 4.73. The lowest BCUT2D eigenvalue weighted by Crippen LogP contribution is -2.00. The number of rotatable bonds is 4. The van der Waals surface area contributed by atoms with E-state index in [-0.39, 0.29) is 11.9 Å². The first-order valence-electron chi connectivity index (χ1n) is 6.40. The van der Waals surface area contributed by atoms with Crippen LogP contribution in [0.2, 0.25) is 0 Å². The van der Waals surface area contributed by atoms with Crippen molar-refractivity contribution < 1.29 is 13.2 Å². The van der Waals surface area contributed by atoms with Crippen LogP contribution < -0.4 is 0 Å².